The van der Waals surface area contributed by atoms with E-state index in [2.05, 4.69) is 9.71 Å². The summed E-state index contributed by atoms with van der Waals surface area (Å²) < 4.78 is 36.5. The standard InChI is InChI=1S/C22H29N3O4S/c1-20(2)17(9-14-6-4-3-5-7-14)30(27,28)25-19(29-20)24-22-11-15-8-16(22)12-21(10-15,13-22)18(23)26/h3-7,15-17H,8-13H2,1-2H3,(H2,23,26)(H,24,25)/t15?,16?,17-,21?,22?/m1/s1. The third-order valence-electron chi connectivity index (χ3n) is 7.87. The SMILES string of the molecule is CC1(C)OC(NC23CC4CC2CC(C(N)=O)(C4)C3)=NS(=O)(=O)[C@@H]1Cc1ccccc1. The number of nitrogens with one attached hydrogen (secondary N) is 1. The predicted molar refractivity (Wildman–Crippen MR) is 113 cm³/mol. The Morgan fingerprint density at radius 2 is 1.97 bits per heavy atom. The minimum atomic E-state index is -3.78. The van der Waals surface area contributed by atoms with Gasteiger partial charge in [-0.15, -0.1) is 4.40 Å². The highest BCUT2D eigenvalue weighted by atomic mass is 32.2. The third kappa shape index (κ3) is 2.94. The number of rotatable bonds is 4. The fourth-order valence-electron chi connectivity index (χ4n) is 6.70. The molecule has 5 aliphatic rings. The van der Waals surface area contributed by atoms with E-state index in [0.29, 0.717) is 24.7 Å². The number of ether oxygens (including phenoxy) is 1. The molecule has 8 heteroatoms. The van der Waals surface area contributed by atoms with Crippen molar-refractivity contribution in [1.82, 2.24) is 5.32 Å². The van der Waals surface area contributed by atoms with Crippen LogP contribution in [0, 0.1) is 17.3 Å². The Labute approximate surface area is 177 Å². The Bertz CT molecular complexity index is 1020. The molecule has 5 atom stereocenters. The first-order chi connectivity index (χ1) is 14.0. The smallest absolute Gasteiger partial charge is 0.301 e. The maximum absolute atomic E-state index is 13.1. The first-order valence-corrected chi connectivity index (χ1v) is 12.2. The number of primary amides is 1. The molecule has 4 saturated carbocycles. The topological polar surface area (TPSA) is 111 Å². The van der Waals surface area contributed by atoms with E-state index in [1.807, 2.05) is 30.3 Å². The van der Waals surface area contributed by atoms with Crippen LogP contribution in [-0.4, -0.2) is 36.7 Å². The highest BCUT2D eigenvalue weighted by Gasteiger charge is 2.67. The van der Waals surface area contributed by atoms with Crippen LogP contribution in [0.15, 0.2) is 34.7 Å². The minimum absolute atomic E-state index is 0.0668. The van der Waals surface area contributed by atoms with Gasteiger partial charge in [-0.25, -0.2) is 8.42 Å². The van der Waals surface area contributed by atoms with Gasteiger partial charge in [0, 0.05) is 5.54 Å². The van der Waals surface area contributed by atoms with E-state index in [1.54, 1.807) is 13.8 Å². The normalized spacial score (nSPS) is 39.9. The van der Waals surface area contributed by atoms with Crippen LogP contribution < -0.4 is 11.1 Å². The number of carbonyl (C=O) groups excluding carboxylic acids is 1. The Morgan fingerprint density at radius 3 is 2.63 bits per heavy atom. The van der Waals surface area contributed by atoms with Gasteiger partial charge in [0.15, 0.2) is 0 Å². The molecule has 7 nitrogen and oxygen atoms in total. The molecule has 4 unspecified atom stereocenters. The van der Waals surface area contributed by atoms with Gasteiger partial charge in [-0.2, -0.15) is 0 Å². The molecular formula is C22H29N3O4S. The monoisotopic (exact) mass is 431 g/mol. The van der Waals surface area contributed by atoms with Crippen molar-refractivity contribution in [3.05, 3.63) is 35.9 Å². The van der Waals surface area contributed by atoms with Crippen LogP contribution in [0.5, 0.6) is 0 Å². The van der Waals surface area contributed by atoms with Crippen LogP contribution >= 0.6 is 0 Å². The average molecular weight is 432 g/mol. The van der Waals surface area contributed by atoms with E-state index in [9.17, 15) is 13.2 Å². The van der Waals surface area contributed by atoms with Gasteiger partial charge >= 0.3 is 6.02 Å². The molecule has 3 N–H and O–H groups in total. The summed E-state index contributed by atoms with van der Waals surface area (Å²) in [5.41, 5.74) is 4.94. The number of nitrogens with two attached hydrogens (primary N) is 1. The van der Waals surface area contributed by atoms with E-state index in [-0.39, 0.29) is 17.5 Å². The number of benzene rings is 1. The van der Waals surface area contributed by atoms with Gasteiger partial charge in [0.2, 0.25) is 5.91 Å². The van der Waals surface area contributed by atoms with Gasteiger partial charge in [-0.05, 0) is 69.8 Å². The lowest BCUT2D eigenvalue weighted by Gasteiger charge is -2.42. The van der Waals surface area contributed by atoms with Gasteiger partial charge < -0.3 is 15.8 Å². The number of amides is 1. The summed E-state index contributed by atoms with van der Waals surface area (Å²) in [5, 5.41) is 2.60. The fourth-order valence-corrected chi connectivity index (χ4v) is 8.31. The highest BCUT2D eigenvalue weighted by Crippen LogP contribution is 2.66. The lowest BCUT2D eigenvalue weighted by Crippen LogP contribution is -2.58. The quantitative estimate of drug-likeness (QED) is 0.759. The van der Waals surface area contributed by atoms with Crippen LogP contribution in [0.3, 0.4) is 0 Å². The number of amidine groups is 1. The highest BCUT2D eigenvalue weighted by molar-refractivity contribution is 7.91. The molecule has 4 fully saturated rings. The van der Waals surface area contributed by atoms with Crippen molar-refractivity contribution in [3.63, 3.8) is 0 Å². The molecule has 0 radical (unpaired) electrons. The van der Waals surface area contributed by atoms with Crippen LogP contribution in [0.4, 0.5) is 0 Å². The van der Waals surface area contributed by atoms with Crippen molar-refractivity contribution < 1.29 is 17.9 Å². The summed E-state index contributed by atoms with van der Waals surface area (Å²) in [7, 11) is -3.78. The maximum Gasteiger partial charge on any atom is 0.301 e. The van der Waals surface area contributed by atoms with Crippen molar-refractivity contribution in [3.8, 4) is 0 Å². The number of hydrogen-bond acceptors (Lipinski definition) is 5. The van der Waals surface area contributed by atoms with Gasteiger partial charge in [-0.1, -0.05) is 30.3 Å². The van der Waals surface area contributed by atoms with Crippen LogP contribution in [0.25, 0.3) is 0 Å². The number of nitrogens with zero attached hydrogens (tertiary/aromatic N) is 1. The lowest BCUT2D eigenvalue weighted by atomic mass is 9.68. The average Bonchev–Trinajstić information content (AvgIpc) is 3.00. The molecule has 162 valence electrons. The number of hydrogen-bond donors (Lipinski definition) is 2. The zero-order valence-electron chi connectivity index (χ0n) is 17.4. The number of carbonyl (C=O) groups is 1. The number of sulfonamides is 1. The molecule has 6 rings (SSSR count). The van der Waals surface area contributed by atoms with Crippen LogP contribution in [0.1, 0.15) is 51.5 Å². The van der Waals surface area contributed by atoms with Gasteiger partial charge in [0.1, 0.15) is 10.9 Å². The molecule has 0 saturated heterocycles. The summed E-state index contributed by atoms with van der Waals surface area (Å²) in [6.45, 7) is 3.60. The Kier molecular flexibility index (Phi) is 4.11. The Morgan fingerprint density at radius 1 is 1.23 bits per heavy atom. The van der Waals surface area contributed by atoms with E-state index >= 15 is 0 Å². The molecule has 0 spiro atoms. The molecule has 30 heavy (non-hydrogen) atoms. The fraction of sp³-hybridized carbons (Fsp3) is 0.636. The predicted octanol–water partition coefficient (Wildman–Crippen LogP) is 2.12. The summed E-state index contributed by atoms with van der Waals surface area (Å²) in [5.74, 6) is 0.503. The lowest BCUT2D eigenvalue weighted by molar-refractivity contribution is -0.130. The van der Waals surface area contributed by atoms with E-state index < -0.39 is 26.3 Å². The van der Waals surface area contributed by atoms with Crippen molar-refractivity contribution in [1.29, 1.82) is 0 Å². The summed E-state index contributed by atoms with van der Waals surface area (Å²) in [4.78, 5) is 12.2. The molecule has 1 aliphatic heterocycles. The van der Waals surface area contributed by atoms with Crippen molar-refractivity contribution >= 4 is 22.0 Å². The summed E-state index contributed by atoms with van der Waals surface area (Å²) >= 11 is 0. The zero-order valence-corrected chi connectivity index (χ0v) is 18.2. The molecule has 4 aliphatic carbocycles. The van der Waals surface area contributed by atoms with Crippen LogP contribution in [0.2, 0.25) is 0 Å². The van der Waals surface area contributed by atoms with Crippen molar-refractivity contribution in [2.24, 2.45) is 27.4 Å². The molecule has 1 aromatic carbocycles. The molecule has 0 aromatic heterocycles. The largest absolute Gasteiger partial charge is 0.457 e. The Hall–Kier alpha value is -2.09. The third-order valence-corrected chi connectivity index (χ3v) is 9.74. The molecular weight excluding hydrogens is 402 g/mol. The molecule has 4 bridgehead atoms. The Balaban J connectivity index is 1.42. The molecule has 1 amide bonds. The van der Waals surface area contributed by atoms with Crippen LogP contribution in [-0.2, 0) is 26.0 Å². The van der Waals surface area contributed by atoms with Gasteiger partial charge in [0.25, 0.3) is 10.0 Å². The first kappa shape index (κ1) is 19.8. The van der Waals surface area contributed by atoms with E-state index in [4.69, 9.17) is 10.5 Å². The molecule has 1 heterocycles. The van der Waals surface area contributed by atoms with E-state index in [0.717, 1.165) is 31.2 Å². The second-order valence-corrected chi connectivity index (χ2v) is 12.1. The summed E-state index contributed by atoms with van der Waals surface area (Å²) in [6.07, 6.45) is 4.54. The molecule has 1 aromatic rings. The first-order valence-electron chi connectivity index (χ1n) is 10.7. The second-order valence-electron chi connectivity index (χ2n) is 10.3. The second kappa shape index (κ2) is 6.22. The van der Waals surface area contributed by atoms with Crippen molar-refractivity contribution in [2.45, 2.75) is 68.8 Å². The van der Waals surface area contributed by atoms with Gasteiger partial charge in [-0.3, -0.25) is 4.79 Å². The van der Waals surface area contributed by atoms with Gasteiger partial charge in [0.05, 0.1) is 5.41 Å². The maximum atomic E-state index is 13.1. The zero-order chi connectivity index (χ0) is 21.4. The minimum Gasteiger partial charge on any atom is -0.457 e. The van der Waals surface area contributed by atoms with Crippen molar-refractivity contribution in [2.75, 3.05) is 0 Å². The van der Waals surface area contributed by atoms with E-state index in [1.165, 1.54) is 0 Å². The summed E-state index contributed by atoms with van der Waals surface area (Å²) in [6, 6.07) is 9.60.